The Morgan fingerprint density at radius 2 is 1.49 bits per heavy atom. The van der Waals surface area contributed by atoms with Gasteiger partial charge in [-0.25, -0.2) is 4.79 Å². The average Bonchev–Trinajstić information content (AvgIpc) is 3.08. The van der Waals surface area contributed by atoms with Crippen molar-refractivity contribution in [2.45, 2.75) is 44.3 Å². The topological polar surface area (TPSA) is 77.9 Å². The van der Waals surface area contributed by atoms with E-state index in [2.05, 4.69) is 24.3 Å². The lowest BCUT2D eigenvalue weighted by Crippen LogP contribution is -2.50. The smallest absolute Gasteiger partial charge is 0.422 e. The fraction of sp³-hybridized carbons (Fsp3) is 0.345. The molecule has 0 aromatic heterocycles. The number of hydrogen-bond donors (Lipinski definition) is 1. The first-order chi connectivity index (χ1) is 18.6. The van der Waals surface area contributed by atoms with Gasteiger partial charge in [-0.05, 0) is 71.6 Å². The number of carboxylic acid groups (broad SMARTS) is 1. The van der Waals surface area contributed by atoms with Crippen LogP contribution >= 0.6 is 0 Å². The van der Waals surface area contributed by atoms with Gasteiger partial charge in [-0.3, -0.25) is 0 Å². The van der Waals surface area contributed by atoms with E-state index in [-0.39, 0.29) is 30.5 Å². The molecule has 39 heavy (non-hydrogen) atoms. The SMILES string of the molecule is O=C(O)N(Cc1ccc(C(F)(F)F)cc1)S(=O)(=O)N1CCCC(C2c3ccccc3CCc3ccccc32)C1. The van der Waals surface area contributed by atoms with Gasteiger partial charge in [-0.1, -0.05) is 60.7 Å². The fourth-order valence-corrected chi connectivity index (χ4v) is 7.41. The van der Waals surface area contributed by atoms with Crippen LogP contribution in [0, 0.1) is 5.92 Å². The summed E-state index contributed by atoms with van der Waals surface area (Å²) in [4.78, 5) is 12.1. The molecule has 1 aliphatic carbocycles. The highest BCUT2D eigenvalue weighted by Gasteiger charge is 2.40. The number of hydrogen-bond acceptors (Lipinski definition) is 3. The summed E-state index contributed by atoms with van der Waals surface area (Å²) in [6, 6.07) is 20.3. The van der Waals surface area contributed by atoms with Gasteiger partial charge in [-0.2, -0.15) is 30.2 Å². The molecule has 1 saturated heterocycles. The summed E-state index contributed by atoms with van der Waals surface area (Å²) in [5.74, 6) is -0.110. The van der Waals surface area contributed by atoms with Crippen molar-refractivity contribution >= 4 is 16.3 Å². The lowest BCUT2D eigenvalue weighted by atomic mass is 9.76. The van der Waals surface area contributed by atoms with Gasteiger partial charge >= 0.3 is 22.5 Å². The van der Waals surface area contributed by atoms with Gasteiger partial charge in [0.2, 0.25) is 0 Å². The Balaban J connectivity index is 1.43. The molecule has 0 spiro atoms. The third-order valence-corrected chi connectivity index (χ3v) is 9.59. The largest absolute Gasteiger partial charge is 0.464 e. The summed E-state index contributed by atoms with van der Waals surface area (Å²) in [6.45, 7) is -0.260. The van der Waals surface area contributed by atoms with Gasteiger partial charge in [-0.15, -0.1) is 0 Å². The van der Waals surface area contributed by atoms with E-state index in [9.17, 15) is 31.5 Å². The van der Waals surface area contributed by atoms with E-state index in [1.807, 2.05) is 24.3 Å². The van der Waals surface area contributed by atoms with E-state index in [1.54, 1.807) is 0 Å². The van der Waals surface area contributed by atoms with Crippen LogP contribution in [0.4, 0.5) is 18.0 Å². The summed E-state index contributed by atoms with van der Waals surface area (Å²) in [7, 11) is -4.45. The minimum absolute atomic E-state index is 0.0360. The Labute approximate surface area is 225 Å². The summed E-state index contributed by atoms with van der Waals surface area (Å²) < 4.78 is 67.6. The number of piperidine rings is 1. The van der Waals surface area contributed by atoms with Crippen LogP contribution in [0.2, 0.25) is 0 Å². The molecular formula is C29H29F3N2O4S. The molecule has 3 aromatic carbocycles. The lowest BCUT2D eigenvalue weighted by molar-refractivity contribution is -0.137. The van der Waals surface area contributed by atoms with Gasteiger partial charge in [0.15, 0.2) is 0 Å². The van der Waals surface area contributed by atoms with Crippen molar-refractivity contribution in [1.82, 2.24) is 8.61 Å². The van der Waals surface area contributed by atoms with Crippen molar-refractivity contribution in [1.29, 1.82) is 0 Å². The second-order valence-electron chi connectivity index (χ2n) is 10.1. The summed E-state index contributed by atoms with van der Waals surface area (Å²) in [6.07, 6.45) is -3.10. The molecule has 0 radical (unpaired) electrons. The Morgan fingerprint density at radius 3 is 2.03 bits per heavy atom. The molecule has 1 aliphatic heterocycles. The van der Waals surface area contributed by atoms with Crippen LogP contribution in [0.3, 0.4) is 0 Å². The minimum Gasteiger partial charge on any atom is -0.464 e. The maximum atomic E-state index is 13.6. The molecule has 1 atom stereocenters. The first-order valence-corrected chi connectivity index (χ1v) is 14.3. The van der Waals surface area contributed by atoms with Crippen LogP contribution in [0.15, 0.2) is 72.8 Å². The highest BCUT2D eigenvalue weighted by Crippen LogP contribution is 2.43. The Kier molecular flexibility index (Phi) is 7.43. The number of amides is 1. The van der Waals surface area contributed by atoms with Gasteiger partial charge in [0, 0.05) is 19.0 Å². The standard InChI is InChI=1S/C29H29F3N2O4S/c30-29(31,32)24-15-11-20(12-16-24)18-34(28(35)36)39(37,38)33-17-5-8-23(19-33)27-25-9-3-1-6-21(25)13-14-22-7-2-4-10-26(22)27/h1-4,6-7,9-12,15-16,23,27H,5,8,13-14,17-19H2,(H,35,36). The molecule has 0 saturated carbocycles. The Bertz CT molecular complexity index is 1410. The van der Waals surface area contributed by atoms with Crippen LogP contribution in [0.25, 0.3) is 0 Å². The molecule has 1 fully saturated rings. The van der Waals surface area contributed by atoms with E-state index in [0.29, 0.717) is 10.7 Å². The zero-order chi connectivity index (χ0) is 27.8. The summed E-state index contributed by atoms with van der Waals surface area (Å²) in [5, 5.41) is 9.84. The third kappa shape index (κ3) is 5.53. The molecule has 0 bridgehead atoms. The van der Waals surface area contributed by atoms with Crippen LogP contribution in [-0.4, -0.2) is 41.3 Å². The third-order valence-electron chi connectivity index (χ3n) is 7.76. The molecule has 3 aromatic rings. The van der Waals surface area contributed by atoms with E-state index in [1.165, 1.54) is 26.6 Å². The van der Waals surface area contributed by atoms with Gasteiger partial charge in [0.05, 0.1) is 12.1 Å². The molecule has 1 amide bonds. The molecule has 2 aliphatic rings. The van der Waals surface area contributed by atoms with Crippen LogP contribution in [0.5, 0.6) is 0 Å². The van der Waals surface area contributed by atoms with Crippen LogP contribution in [-0.2, 0) is 35.8 Å². The van der Waals surface area contributed by atoms with Crippen molar-refractivity contribution < 1.29 is 31.5 Å². The van der Waals surface area contributed by atoms with Gasteiger partial charge in [0.25, 0.3) is 0 Å². The fourth-order valence-electron chi connectivity index (χ4n) is 5.88. The highest BCUT2D eigenvalue weighted by atomic mass is 32.2. The van der Waals surface area contributed by atoms with Crippen LogP contribution < -0.4 is 0 Å². The quantitative estimate of drug-likeness (QED) is 0.412. The number of alkyl halides is 3. The van der Waals surface area contributed by atoms with E-state index < -0.39 is 34.6 Å². The Morgan fingerprint density at radius 1 is 0.923 bits per heavy atom. The van der Waals surface area contributed by atoms with Crippen LogP contribution in [0.1, 0.15) is 52.1 Å². The maximum absolute atomic E-state index is 13.6. The second-order valence-corrected chi connectivity index (χ2v) is 12.0. The highest BCUT2D eigenvalue weighted by molar-refractivity contribution is 7.87. The number of halogens is 3. The first kappa shape index (κ1) is 27.2. The maximum Gasteiger partial charge on any atom is 0.422 e. The minimum atomic E-state index is -4.55. The molecule has 6 nitrogen and oxygen atoms in total. The van der Waals surface area contributed by atoms with Crippen molar-refractivity contribution in [2.24, 2.45) is 5.92 Å². The van der Waals surface area contributed by atoms with Gasteiger partial charge in [0.1, 0.15) is 0 Å². The zero-order valence-corrected chi connectivity index (χ0v) is 22.0. The van der Waals surface area contributed by atoms with Crippen molar-refractivity contribution in [3.05, 3.63) is 106 Å². The monoisotopic (exact) mass is 558 g/mol. The number of carbonyl (C=O) groups is 1. The molecule has 1 unspecified atom stereocenters. The second kappa shape index (κ2) is 10.7. The van der Waals surface area contributed by atoms with Gasteiger partial charge < -0.3 is 5.11 Å². The predicted octanol–water partition coefficient (Wildman–Crippen LogP) is 6.07. The normalized spacial score (nSPS) is 18.6. The number of aryl methyl sites for hydroxylation is 2. The number of nitrogens with zero attached hydrogens (tertiary/aromatic N) is 2. The van der Waals surface area contributed by atoms with Crippen molar-refractivity contribution in [3.63, 3.8) is 0 Å². The Hall–Kier alpha value is -3.37. The number of fused-ring (bicyclic) bond motifs is 2. The first-order valence-electron chi connectivity index (χ1n) is 12.9. The zero-order valence-electron chi connectivity index (χ0n) is 21.1. The predicted molar refractivity (Wildman–Crippen MR) is 140 cm³/mol. The summed E-state index contributed by atoms with van der Waals surface area (Å²) >= 11 is 0. The molecule has 1 N–H and O–H groups in total. The van der Waals surface area contributed by atoms with E-state index in [0.717, 1.165) is 43.5 Å². The van der Waals surface area contributed by atoms with Crippen molar-refractivity contribution in [2.75, 3.05) is 13.1 Å². The molecule has 1 heterocycles. The number of benzene rings is 3. The van der Waals surface area contributed by atoms with Crippen molar-refractivity contribution in [3.8, 4) is 0 Å². The van der Waals surface area contributed by atoms with E-state index in [4.69, 9.17) is 0 Å². The molecule has 206 valence electrons. The molecule has 10 heteroatoms. The van der Waals surface area contributed by atoms with E-state index >= 15 is 0 Å². The average molecular weight is 559 g/mol. The molecule has 5 rings (SSSR count). The lowest BCUT2D eigenvalue weighted by Gasteiger charge is -2.38. The number of rotatable bonds is 5. The molecular weight excluding hydrogens is 529 g/mol. The summed E-state index contributed by atoms with van der Waals surface area (Å²) in [5.41, 5.74) is 4.06.